The van der Waals surface area contributed by atoms with Gasteiger partial charge in [-0.2, -0.15) is 0 Å². The van der Waals surface area contributed by atoms with Gasteiger partial charge in [-0.05, 0) is 53.2 Å². The number of hydrogen-bond acceptors (Lipinski definition) is 2. The average Bonchev–Trinajstić information content (AvgIpc) is 2.17. The molecule has 0 aliphatic carbocycles. The number of nitrogens with zero attached hydrogens (tertiary/aromatic N) is 2. The van der Waals surface area contributed by atoms with Crippen LogP contribution in [-0.2, 0) is 0 Å². The van der Waals surface area contributed by atoms with Crippen LogP contribution in [0, 0.1) is 6.92 Å². The highest BCUT2D eigenvalue weighted by molar-refractivity contribution is 9.10. The van der Waals surface area contributed by atoms with Gasteiger partial charge in [-0.15, -0.1) is 0 Å². The Balaban J connectivity index is 2.49. The van der Waals surface area contributed by atoms with E-state index in [0.29, 0.717) is 10.8 Å². The van der Waals surface area contributed by atoms with Crippen LogP contribution in [0.1, 0.15) is 5.69 Å². The molecular weight excluding hydrogens is 275 g/mol. The summed E-state index contributed by atoms with van der Waals surface area (Å²) in [6.07, 6.45) is 0. The quantitative estimate of drug-likeness (QED) is 0.743. The summed E-state index contributed by atoms with van der Waals surface area (Å²) < 4.78 is 0.792. The molecular formula is C11H8BrClN2. The van der Waals surface area contributed by atoms with Crippen molar-refractivity contribution in [2.45, 2.75) is 6.92 Å². The van der Waals surface area contributed by atoms with Gasteiger partial charge in [0, 0.05) is 16.3 Å². The molecule has 15 heavy (non-hydrogen) atoms. The maximum Gasteiger partial charge on any atom is 0.160 e. The van der Waals surface area contributed by atoms with Crippen LogP contribution in [0.5, 0.6) is 0 Å². The van der Waals surface area contributed by atoms with E-state index < -0.39 is 0 Å². The predicted octanol–water partition coefficient (Wildman–Crippen LogP) is 3.87. The fraction of sp³-hybridized carbons (Fsp3) is 0.0909. The molecule has 0 aliphatic heterocycles. The van der Waals surface area contributed by atoms with Crippen LogP contribution in [0.2, 0.25) is 5.02 Å². The number of halogens is 2. The summed E-state index contributed by atoms with van der Waals surface area (Å²) in [6, 6.07) is 9.35. The van der Waals surface area contributed by atoms with Crippen molar-refractivity contribution in [3.8, 4) is 11.4 Å². The minimum atomic E-state index is 0.707. The molecule has 2 nitrogen and oxygen atoms in total. The zero-order chi connectivity index (χ0) is 10.8. The van der Waals surface area contributed by atoms with Gasteiger partial charge in [-0.25, -0.2) is 9.97 Å². The van der Waals surface area contributed by atoms with E-state index in [0.717, 1.165) is 15.9 Å². The van der Waals surface area contributed by atoms with Gasteiger partial charge < -0.3 is 0 Å². The smallest absolute Gasteiger partial charge is 0.160 e. The summed E-state index contributed by atoms with van der Waals surface area (Å²) >= 11 is 9.16. The number of aromatic nitrogens is 2. The van der Waals surface area contributed by atoms with E-state index in [1.807, 2.05) is 37.3 Å². The molecule has 0 saturated heterocycles. The van der Waals surface area contributed by atoms with E-state index in [1.165, 1.54) is 0 Å². The van der Waals surface area contributed by atoms with Gasteiger partial charge in [0.05, 0.1) is 0 Å². The summed E-state index contributed by atoms with van der Waals surface area (Å²) in [5, 5.41) is 0.713. The summed E-state index contributed by atoms with van der Waals surface area (Å²) in [5.74, 6) is 0.707. The van der Waals surface area contributed by atoms with Gasteiger partial charge in [0.2, 0.25) is 0 Å². The third kappa shape index (κ3) is 2.55. The fourth-order valence-corrected chi connectivity index (χ4v) is 1.88. The lowest BCUT2D eigenvalue weighted by atomic mass is 10.2. The molecule has 2 aromatic rings. The number of aryl methyl sites for hydroxylation is 1. The van der Waals surface area contributed by atoms with Crippen molar-refractivity contribution in [3.63, 3.8) is 0 Å². The van der Waals surface area contributed by atoms with Crippen molar-refractivity contribution in [1.29, 1.82) is 0 Å². The largest absolute Gasteiger partial charge is 0.233 e. The van der Waals surface area contributed by atoms with Crippen LogP contribution < -0.4 is 0 Å². The van der Waals surface area contributed by atoms with Crippen LogP contribution in [0.3, 0.4) is 0 Å². The Labute approximate surface area is 101 Å². The van der Waals surface area contributed by atoms with E-state index >= 15 is 0 Å². The van der Waals surface area contributed by atoms with Gasteiger partial charge in [-0.3, -0.25) is 0 Å². The lowest BCUT2D eigenvalue weighted by Crippen LogP contribution is -1.91. The molecule has 0 amide bonds. The lowest BCUT2D eigenvalue weighted by molar-refractivity contribution is 1.09. The van der Waals surface area contributed by atoms with E-state index in [1.54, 1.807) is 0 Å². The Morgan fingerprint density at radius 3 is 2.40 bits per heavy atom. The van der Waals surface area contributed by atoms with Crippen LogP contribution in [-0.4, -0.2) is 9.97 Å². The van der Waals surface area contributed by atoms with E-state index in [2.05, 4.69) is 25.9 Å². The molecule has 0 saturated carbocycles. The first-order valence-electron chi connectivity index (χ1n) is 4.42. The summed E-state index contributed by atoms with van der Waals surface area (Å²) in [7, 11) is 0. The standard InChI is InChI=1S/C11H8BrClN2/c1-7-6-10(12)15-11(14-7)8-2-4-9(13)5-3-8/h2-6H,1H3. The number of hydrogen-bond donors (Lipinski definition) is 0. The second-order valence-corrected chi connectivity index (χ2v) is 4.41. The first-order valence-corrected chi connectivity index (χ1v) is 5.59. The molecule has 0 unspecified atom stereocenters. The Bertz CT molecular complexity index is 462. The maximum atomic E-state index is 5.81. The summed E-state index contributed by atoms with van der Waals surface area (Å²) in [4.78, 5) is 8.65. The molecule has 0 aliphatic rings. The minimum Gasteiger partial charge on any atom is -0.233 e. The van der Waals surface area contributed by atoms with Crippen molar-refractivity contribution in [3.05, 3.63) is 45.7 Å². The lowest BCUT2D eigenvalue weighted by Gasteiger charge is -2.02. The third-order valence-corrected chi connectivity index (χ3v) is 2.58. The maximum absolute atomic E-state index is 5.81. The topological polar surface area (TPSA) is 25.8 Å². The molecule has 1 aromatic carbocycles. The number of rotatable bonds is 1. The molecule has 0 spiro atoms. The second kappa shape index (κ2) is 4.29. The molecule has 0 N–H and O–H groups in total. The zero-order valence-corrected chi connectivity index (χ0v) is 10.4. The number of benzene rings is 1. The zero-order valence-electron chi connectivity index (χ0n) is 8.04. The fourth-order valence-electron chi connectivity index (χ4n) is 1.26. The highest BCUT2D eigenvalue weighted by Crippen LogP contribution is 2.20. The van der Waals surface area contributed by atoms with E-state index in [-0.39, 0.29) is 0 Å². The molecule has 0 atom stereocenters. The molecule has 4 heteroatoms. The van der Waals surface area contributed by atoms with E-state index in [4.69, 9.17) is 11.6 Å². The van der Waals surface area contributed by atoms with Crippen LogP contribution in [0.4, 0.5) is 0 Å². The second-order valence-electron chi connectivity index (χ2n) is 3.16. The van der Waals surface area contributed by atoms with Crippen molar-refractivity contribution in [2.24, 2.45) is 0 Å². The molecule has 0 radical (unpaired) electrons. The van der Waals surface area contributed by atoms with Crippen LogP contribution in [0.15, 0.2) is 34.9 Å². The Morgan fingerprint density at radius 1 is 1.13 bits per heavy atom. The first kappa shape index (κ1) is 10.6. The average molecular weight is 284 g/mol. The van der Waals surface area contributed by atoms with Gasteiger partial charge >= 0.3 is 0 Å². The highest BCUT2D eigenvalue weighted by Gasteiger charge is 2.03. The minimum absolute atomic E-state index is 0.707. The first-order chi connectivity index (χ1) is 7.15. The highest BCUT2D eigenvalue weighted by atomic mass is 79.9. The van der Waals surface area contributed by atoms with Gasteiger partial charge in [0.1, 0.15) is 4.60 Å². The molecule has 0 bridgehead atoms. The van der Waals surface area contributed by atoms with Crippen molar-refractivity contribution in [1.82, 2.24) is 9.97 Å². The van der Waals surface area contributed by atoms with Crippen LogP contribution >= 0.6 is 27.5 Å². The van der Waals surface area contributed by atoms with Gasteiger partial charge in [0.15, 0.2) is 5.82 Å². The van der Waals surface area contributed by atoms with Crippen molar-refractivity contribution >= 4 is 27.5 Å². The molecule has 1 heterocycles. The Kier molecular flexibility index (Phi) is 3.03. The monoisotopic (exact) mass is 282 g/mol. The van der Waals surface area contributed by atoms with Crippen molar-refractivity contribution in [2.75, 3.05) is 0 Å². The van der Waals surface area contributed by atoms with Crippen molar-refractivity contribution < 1.29 is 0 Å². The van der Waals surface area contributed by atoms with E-state index in [9.17, 15) is 0 Å². The molecule has 76 valence electrons. The molecule has 1 aromatic heterocycles. The predicted molar refractivity (Wildman–Crippen MR) is 64.9 cm³/mol. The van der Waals surface area contributed by atoms with Gasteiger partial charge in [-0.1, -0.05) is 11.6 Å². The molecule has 0 fully saturated rings. The Morgan fingerprint density at radius 2 is 1.80 bits per heavy atom. The Hall–Kier alpha value is -0.930. The third-order valence-electron chi connectivity index (χ3n) is 1.93. The summed E-state index contributed by atoms with van der Waals surface area (Å²) in [6.45, 7) is 1.94. The van der Waals surface area contributed by atoms with Crippen LogP contribution in [0.25, 0.3) is 11.4 Å². The SMILES string of the molecule is Cc1cc(Br)nc(-c2ccc(Cl)cc2)n1. The summed E-state index contributed by atoms with van der Waals surface area (Å²) in [5.41, 5.74) is 1.89. The molecule has 2 rings (SSSR count). The normalized spacial score (nSPS) is 10.3. The van der Waals surface area contributed by atoms with Gasteiger partial charge in [0.25, 0.3) is 0 Å².